The molecule has 0 saturated heterocycles. The summed E-state index contributed by atoms with van der Waals surface area (Å²) in [6.45, 7) is 2.22. The summed E-state index contributed by atoms with van der Waals surface area (Å²) in [6, 6.07) is 12.6. The van der Waals surface area contributed by atoms with Crippen molar-refractivity contribution in [2.75, 3.05) is 11.9 Å². The van der Waals surface area contributed by atoms with E-state index in [1.807, 2.05) is 31.3 Å². The van der Waals surface area contributed by atoms with Crippen LogP contribution in [0.3, 0.4) is 0 Å². The van der Waals surface area contributed by atoms with E-state index in [1.165, 1.54) is 12.8 Å². The summed E-state index contributed by atoms with van der Waals surface area (Å²) in [7, 11) is 2.03. The van der Waals surface area contributed by atoms with Crippen molar-refractivity contribution in [3.63, 3.8) is 0 Å². The molecule has 1 aliphatic rings. The molecule has 0 bridgehead atoms. The van der Waals surface area contributed by atoms with Crippen LogP contribution in [-0.2, 0) is 0 Å². The van der Waals surface area contributed by atoms with Crippen molar-refractivity contribution in [1.82, 2.24) is 0 Å². The van der Waals surface area contributed by atoms with Gasteiger partial charge in [-0.25, -0.2) is 0 Å². The van der Waals surface area contributed by atoms with Crippen LogP contribution in [0.15, 0.2) is 24.3 Å². The molecule has 1 aromatic carbocycles. The lowest BCUT2D eigenvalue weighted by Crippen LogP contribution is -2.42. The zero-order chi connectivity index (χ0) is 15.2. The van der Waals surface area contributed by atoms with Gasteiger partial charge < -0.3 is 4.90 Å². The Balaban J connectivity index is 2.24. The molecule has 3 unspecified atom stereocenters. The number of para-hydroxylation sites is 1. The molecule has 0 N–H and O–H groups in total. The highest BCUT2D eigenvalue weighted by Gasteiger charge is 2.33. The monoisotopic (exact) mass is 281 g/mol. The number of hydrogen-bond acceptors (Lipinski definition) is 3. The topological polar surface area (TPSA) is 50.8 Å². The largest absolute Gasteiger partial charge is 0.369 e. The van der Waals surface area contributed by atoms with E-state index in [0.29, 0.717) is 11.5 Å². The van der Waals surface area contributed by atoms with E-state index in [1.54, 1.807) is 0 Å². The molecular formula is C18H23N3. The van der Waals surface area contributed by atoms with Gasteiger partial charge in [-0.05, 0) is 37.3 Å². The zero-order valence-electron chi connectivity index (χ0n) is 12.9. The van der Waals surface area contributed by atoms with Crippen molar-refractivity contribution in [1.29, 1.82) is 10.5 Å². The number of hydrogen-bond donors (Lipinski definition) is 0. The maximum atomic E-state index is 9.46. The van der Waals surface area contributed by atoms with E-state index in [4.69, 9.17) is 0 Å². The average Bonchev–Trinajstić information content (AvgIpc) is 2.54. The SMILES string of the molecule is CCCC1CCC(C#N)C(N(C)c2ccccc2C#N)C1. The van der Waals surface area contributed by atoms with Gasteiger partial charge in [0.25, 0.3) is 0 Å². The number of rotatable bonds is 4. The fourth-order valence-corrected chi connectivity index (χ4v) is 3.53. The molecule has 1 saturated carbocycles. The Kier molecular flexibility index (Phi) is 5.23. The van der Waals surface area contributed by atoms with Crippen LogP contribution in [0, 0.1) is 34.5 Å². The van der Waals surface area contributed by atoms with Crippen molar-refractivity contribution in [2.24, 2.45) is 11.8 Å². The number of nitriles is 2. The van der Waals surface area contributed by atoms with Gasteiger partial charge in [0.05, 0.1) is 23.2 Å². The maximum Gasteiger partial charge on any atom is 0.101 e. The molecule has 2 rings (SSSR count). The third kappa shape index (κ3) is 3.37. The second kappa shape index (κ2) is 7.14. The highest BCUT2D eigenvalue weighted by atomic mass is 15.1. The van der Waals surface area contributed by atoms with E-state index >= 15 is 0 Å². The van der Waals surface area contributed by atoms with Crippen molar-refractivity contribution in [2.45, 2.75) is 45.1 Å². The number of benzene rings is 1. The second-order valence-electron chi connectivity index (χ2n) is 6.01. The van der Waals surface area contributed by atoms with Gasteiger partial charge in [0, 0.05) is 13.1 Å². The third-order valence-electron chi connectivity index (χ3n) is 4.69. The van der Waals surface area contributed by atoms with E-state index < -0.39 is 0 Å². The number of nitrogens with zero attached hydrogens (tertiary/aromatic N) is 3. The van der Waals surface area contributed by atoms with Gasteiger partial charge in [0.15, 0.2) is 0 Å². The molecule has 0 heterocycles. The Bertz CT molecular complexity index is 552. The fourth-order valence-electron chi connectivity index (χ4n) is 3.53. The minimum absolute atomic E-state index is 0.0647. The molecule has 0 amide bonds. The summed E-state index contributed by atoms with van der Waals surface area (Å²) in [5.41, 5.74) is 1.64. The van der Waals surface area contributed by atoms with Crippen LogP contribution in [0.4, 0.5) is 5.69 Å². The van der Waals surface area contributed by atoms with Crippen LogP contribution < -0.4 is 4.90 Å². The molecule has 3 nitrogen and oxygen atoms in total. The Morgan fingerprint density at radius 1 is 1.24 bits per heavy atom. The third-order valence-corrected chi connectivity index (χ3v) is 4.69. The maximum absolute atomic E-state index is 9.46. The fraction of sp³-hybridized carbons (Fsp3) is 0.556. The van der Waals surface area contributed by atoms with Crippen LogP contribution in [0.5, 0.6) is 0 Å². The predicted molar refractivity (Wildman–Crippen MR) is 84.7 cm³/mol. The molecule has 0 aliphatic heterocycles. The van der Waals surface area contributed by atoms with Crippen LogP contribution in [0.2, 0.25) is 0 Å². The standard InChI is InChI=1S/C18H23N3/c1-3-6-14-9-10-16(13-20)18(11-14)21(2)17-8-5-4-7-15(17)12-19/h4-5,7-8,14,16,18H,3,6,9-11H2,1-2H3. The smallest absolute Gasteiger partial charge is 0.101 e. The molecule has 0 aromatic heterocycles. The molecule has 1 aromatic rings. The highest BCUT2D eigenvalue weighted by Crippen LogP contribution is 2.36. The Hall–Kier alpha value is -2.00. The molecule has 0 spiro atoms. The summed E-state index contributed by atoms with van der Waals surface area (Å²) >= 11 is 0. The minimum atomic E-state index is 0.0647. The molecule has 21 heavy (non-hydrogen) atoms. The molecule has 1 fully saturated rings. The summed E-state index contributed by atoms with van der Waals surface area (Å²) in [5, 5.41) is 18.7. The first kappa shape index (κ1) is 15.4. The summed E-state index contributed by atoms with van der Waals surface area (Å²) in [4.78, 5) is 2.16. The second-order valence-corrected chi connectivity index (χ2v) is 6.01. The summed E-state index contributed by atoms with van der Waals surface area (Å²) < 4.78 is 0. The van der Waals surface area contributed by atoms with Gasteiger partial charge in [0.1, 0.15) is 6.07 Å². The van der Waals surface area contributed by atoms with Gasteiger partial charge in [0.2, 0.25) is 0 Å². The zero-order valence-corrected chi connectivity index (χ0v) is 12.9. The highest BCUT2D eigenvalue weighted by molar-refractivity contribution is 5.59. The number of anilines is 1. The van der Waals surface area contributed by atoms with E-state index in [2.05, 4.69) is 24.0 Å². The van der Waals surface area contributed by atoms with Gasteiger partial charge >= 0.3 is 0 Å². The van der Waals surface area contributed by atoms with Crippen LogP contribution in [-0.4, -0.2) is 13.1 Å². The van der Waals surface area contributed by atoms with Crippen LogP contribution >= 0.6 is 0 Å². The first-order chi connectivity index (χ1) is 10.2. The molecule has 3 atom stereocenters. The predicted octanol–water partition coefficient (Wildman–Crippen LogP) is 4.10. The normalized spacial score (nSPS) is 24.9. The van der Waals surface area contributed by atoms with Crippen LogP contribution in [0.1, 0.15) is 44.6 Å². The molecule has 1 aliphatic carbocycles. The first-order valence-electron chi connectivity index (χ1n) is 7.82. The van der Waals surface area contributed by atoms with Gasteiger partial charge in [-0.3, -0.25) is 0 Å². The van der Waals surface area contributed by atoms with Crippen molar-refractivity contribution >= 4 is 5.69 Å². The first-order valence-corrected chi connectivity index (χ1v) is 7.82. The van der Waals surface area contributed by atoms with Gasteiger partial charge in [-0.15, -0.1) is 0 Å². The van der Waals surface area contributed by atoms with Crippen molar-refractivity contribution in [3.05, 3.63) is 29.8 Å². The van der Waals surface area contributed by atoms with E-state index in [-0.39, 0.29) is 12.0 Å². The molecule has 3 heteroatoms. The summed E-state index contributed by atoms with van der Waals surface area (Å²) in [5.74, 6) is 0.774. The van der Waals surface area contributed by atoms with Gasteiger partial charge in [-0.1, -0.05) is 31.9 Å². The minimum Gasteiger partial charge on any atom is -0.369 e. The molecular weight excluding hydrogens is 258 g/mol. The average molecular weight is 281 g/mol. The molecule has 0 radical (unpaired) electrons. The Morgan fingerprint density at radius 3 is 2.67 bits per heavy atom. The lowest BCUT2D eigenvalue weighted by Gasteiger charge is -2.40. The Labute approximate surface area is 127 Å². The Morgan fingerprint density at radius 2 is 2.00 bits per heavy atom. The van der Waals surface area contributed by atoms with Crippen LogP contribution in [0.25, 0.3) is 0 Å². The van der Waals surface area contributed by atoms with Gasteiger partial charge in [-0.2, -0.15) is 10.5 Å². The lowest BCUT2D eigenvalue weighted by molar-refractivity contribution is 0.258. The van der Waals surface area contributed by atoms with Crippen molar-refractivity contribution < 1.29 is 0 Å². The lowest BCUT2D eigenvalue weighted by atomic mass is 9.76. The quantitative estimate of drug-likeness (QED) is 0.834. The molecule has 110 valence electrons. The summed E-state index contributed by atoms with van der Waals surface area (Å²) in [6.07, 6.45) is 5.64. The van der Waals surface area contributed by atoms with E-state index in [9.17, 15) is 10.5 Å². The van der Waals surface area contributed by atoms with E-state index in [0.717, 1.165) is 24.9 Å². The van der Waals surface area contributed by atoms with Crippen molar-refractivity contribution in [3.8, 4) is 12.1 Å².